The van der Waals surface area contributed by atoms with Crippen molar-refractivity contribution in [3.8, 4) is 0 Å². The number of aliphatic imine (C=N–C) groups is 3. The number of esters is 1. The molecule has 0 aromatic heterocycles. The Hall–Kier alpha value is -2.39. The van der Waals surface area contributed by atoms with Crippen LogP contribution in [-0.4, -0.2) is 49.9 Å². The SMILES string of the molecule is O=C=NCCCC[C@H](N=C=O)C(=O)OCCN=C=O. The molecule has 0 bridgehead atoms. The van der Waals surface area contributed by atoms with Crippen molar-refractivity contribution in [1.29, 1.82) is 0 Å². The van der Waals surface area contributed by atoms with Gasteiger partial charge in [0.25, 0.3) is 0 Å². The number of ether oxygens (including phenoxy) is 1. The van der Waals surface area contributed by atoms with Crippen LogP contribution in [0.15, 0.2) is 15.0 Å². The molecule has 0 aromatic rings. The van der Waals surface area contributed by atoms with Crippen molar-refractivity contribution in [3.63, 3.8) is 0 Å². The molecule has 0 aliphatic carbocycles. The molecule has 0 saturated carbocycles. The zero-order valence-electron chi connectivity index (χ0n) is 10.2. The minimum Gasteiger partial charge on any atom is -0.462 e. The van der Waals surface area contributed by atoms with E-state index in [4.69, 9.17) is 4.74 Å². The number of unbranched alkanes of at least 4 members (excludes halogenated alkanes) is 1. The first-order chi connectivity index (χ1) is 9.26. The molecule has 102 valence electrons. The van der Waals surface area contributed by atoms with Crippen LogP contribution in [0.25, 0.3) is 0 Å². The van der Waals surface area contributed by atoms with Gasteiger partial charge < -0.3 is 4.74 Å². The first-order valence-corrected chi connectivity index (χ1v) is 5.57. The molecule has 0 radical (unpaired) electrons. The Balaban J connectivity index is 4.07. The Bertz CT molecular complexity index is 418. The molecule has 0 aliphatic rings. The average Bonchev–Trinajstić information content (AvgIpc) is 2.42. The minimum atomic E-state index is -0.932. The number of isocyanates is 3. The molecule has 0 aliphatic heterocycles. The molecular formula is C11H13N3O5. The Kier molecular flexibility index (Phi) is 10.6. The molecule has 0 aromatic carbocycles. The van der Waals surface area contributed by atoms with Gasteiger partial charge in [-0.1, -0.05) is 0 Å². The van der Waals surface area contributed by atoms with Gasteiger partial charge in [-0.2, -0.15) is 4.99 Å². The first kappa shape index (κ1) is 16.6. The van der Waals surface area contributed by atoms with Gasteiger partial charge in [0.2, 0.25) is 18.2 Å². The molecule has 0 heterocycles. The number of hydrogen-bond donors (Lipinski definition) is 0. The smallest absolute Gasteiger partial charge is 0.331 e. The van der Waals surface area contributed by atoms with Gasteiger partial charge >= 0.3 is 5.97 Å². The summed E-state index contributed by atoms with van der Waals surface area (Å²) in [6.45, 7) is 0.249. The second-order valence-electron chi connectivity index (χ2n) is 3.35. The lowest BCUT2D eigenvalue weighted by molar-refractivity contribution is -0.145. The maximum atomic E-state index is 11.5. The predicted molar refractivity (Wildman–Crippen MR) is 62.7 cm³/mol. The van der Waals surface area contributed by atoms with E-state index in [1.807, 2.05) is 0 Å². The van der Waals surface area contributed by atoms with E-state index in [-0.39, 0.29) is 13.2 Å². The van der Waals surface area contributed by atoms with E-state index in [9.17, 15) is 19.2 Å². The highest BCUT2D eigenvalue weighted by atomic mass is 16.5. The molecule has 1 atom stereocenters. The standard InChI is InChI=1S/C11H13N3O5/c15-7-12-4-2-1-3-10(14-9-17)11(18)19-6-5-13-8-16/h10H,1-6H2/t10-/m0/s1. The lowest BCUT2D eigenvalue weighted by atomic mass is 10.1. The summed E-state index contributed by atoms with van der Waals surface area (Å²) in [5, 5.41) is 0. The fourth-order valence-corrected chi connectivity index (χ4v) is 1.21. The van der Waals surface area contributed by atoms with Crippen molar-refractivity contribution < 1.29 is 23.9 Å². The summed E-state index contributed by atoms with van der Waals surface area (Å²) in [6, 6.07) is -0.932. The second kappa shape index (κ2) is 12.1. The van der Waals surface area contributed by atoms with E-state index in [1.165, 1.54) is 18.2 Å². The normalized spacial score (nSPS) is 10.3. The summed E-state index contributed by atoms with van der Waals surface area (Å²) < 4.78 is 4.77. The van der Waals surface area contributed by atoms with Crippen LogP contribution in [0.2, 0.25) is 0 Å². The number of carbonyl (C=O) groups is 1. The maximum Gasteiger partial charge on any atom is 0.331 e. The van der Waals surface area contributed by atoms with Gasteiger partial charge in [-0.05, 0) is 19.3 Å². The Labute approximate surface area is 109 Å². The average molecular weight is 267 g/mol. The molecular weight excluding hydrogens is 254 g/mol. The van der Waals surface area contributed by atoms with Gasteiger partial charge in [-0.25, -0.2) is 29.2 Å². The monoisotopic (exact) mass is 267 g/mol. The Morgan fingerprint density at radius 3 is 2.32 bits per heavy atom. The highest BCUT2D eigenvalue weighted by molar-refractivity contribution is 5.76. The van der Waals surface area contributed by atoms with Crippen LogP contribution in [0.4, 0.5) is 0 Å². The molecule has 19 heavy (non-hydrogen) atoms. The lowest BCUT2D eigenvalue weighted by Crippen LogP contribution is -2.22. The molecule has 8 nitrogen and oxygen atoms in total. The van der Waals surface area contributed by atoms with Crippen molar-refractivity contribution in [1.82, 2.24) is 0 Å². The Morgan fingerprint density at radius 1 is 1.00 bits per heavy atom. The van der Waals surface area contributed by atoms with Crippen LogP contribution in [0.5, 0.6) is 0 Å². The van der Waals surface area contributed by atoms with Crippen LogP contribution in [-0.2, 0) is 23.9 Å². The molecule has 0 rings (SSSR count). The number of nitrogens with zero attached hydrogens (tertiary/aromatic N) is 3. The van der Waals surface area contributed by atoms with Crippen molar-refractivity contribution >= 4 is 24.2 Å². The highest BCUT2D eigenvalue weighted by Gasteiger charge is 2.18. The van der Waals surface area contributed by atoms with Crippen LogP contribution >= 0.6 is 0 Å². The zero-order chi connectivity index (χ0) is 14.3. The van der Waals surface area contributed by atoms with E-state index >= 15 is 0 Å². The summed E-state index contributed by atoms with van der Waals surface area (Å²) in [5.74, 6) is -0.677. The molecule has 0 saturated heterocycles. The van der Waals surface area contributed by atoms with Gasteiger partial charge in [0.1, 0.15) is 6.61 Å². The maximum absolute atomic E-state index is 11.5. The third-order valence-electron chi connectivity index (χ3n) is 2.05. The lowest BCUT2D eigenvalue weighted by Gasteiger charge is -2.09. The van der Waals surface area contributed by atoms with Crippen LogP contribution in [0.3, 0.4) is 0 Å². The van der Waals surface area contributed by atoms with Crippen molar-refractivity contribution in [2.75, 3.05) is 19.7 Å². The van der Waals surface area contributed by atoms with Crippen LogP contribution < -0.4 is 0 Å². The molecule has 0 N–H and O–H groups in total. The summed E-state index contributed by atoms with van der Waals surface area (Å²) in [5.41, 5.74) is 0. The first-order valence-electron chi connectivity index (χ1n) is 5.57. The topological polar surface area (TPSA) is 115 Å². The molecule has 8 heteroatoms. The fraction of sp³-hybridized carbons (Fsp3) is 0.636. The quantitative estimate of drug-likeness (QED) is 0.240. The molecule has 0 spiro atoms. The third-order valence-corrected chi connectivity index (χ3v) is 2.05. The van der Waals surface area contributed by atoms with E-state index < -0.39 is 12.0 Å². The minimum absolute atomic E-state index is 0.0147. The predicted octanol–water partition coefficient (Wildman–Crippen LogP) is 0.0759. The second-order valence-corrected chi connectivity index (χ2v) is 3.35. The summed E-state index contributed by atoms with van der Waals surface area (Å²) in [6.07, 6.45) is 5.42. The largest absolute Gasteiger partial charge is 0.462 e. The summed E-state index contributed by atoms with van der Waals surface area (Å²) >= 11 is 0. The molecule has 0 fully saturated rings. The van der Waals surface area contributed by atoms with Gasteiger partial charge in [-0.15, -0.1) is 0 Å². The molecule has 0 unspecified atom stereocenters. The van der Waals surface area contributed by atoms with Gasteiger partial charge in [0.15, 0.2) is 6.04 Å². The van der Waals surface area contributed by atoms with Crippen molar-refractivity contribution in [2.45, 2.75) is 25.3 Å². The van der Waals surface area contributed by atoms with Crippen LogP contribution in [0.1, 0.15) is 19.3 Å². The van der Waals surface area contributed by atoms with Gasteiger partial charge in [0, 0.05) is 0 Å². The summed E-state index contributed by atoms with van der Waals surface area (Å²) in [7, 11) is 0. The van der Waals surface area contributed by atoms with Crippen LogP contribution in [0, 0.1) is 0 Å². The number of rotatable bonds is 10. The van der Waals surface area contributed by atoms with Gasteiger partial charge in [-0.3, -0.25) is 0 Å². The van der Waals surface area contributed by atoms with Crippen molar-refractivity contribution in [2.24, 2.45) is 15.0 Å². The van der Waals surface area contributed by atoms with Gasteiger partial charge in [0.05, 0.1) is 13.1 Å². The van der Waals surface area contributed by atoms with E-state index in [1.54, 1.807) is 0 Å². The number of hydrogen-bond acceptors (Lipinski definition) is 8. The van der Waals surface area contributed by atoms with E-state index in [0.717, 1.165) is 0 Å². The Morgan fingerprint density at radius 2 is 1.68 bits per heavy atom. The van der Waals surface area contributed by atoms with E-state index in [2.05, 4.69) is 15.0 Å². The zero-order valence-corrected chi connectivity index (χ0v) is 10.2. The third kappa shape index (κ3) is 9.32. The fourth-order valence-electron chi connectivity index (χ4n) is 1.21. The highest BCUT2D eigenvalue weighted by Crippen LogP contribution is 2.06. The summed E-state index contributed by atoms with van der Waals surface area (Å²) in [4.78, 5) is 51.2. The van der Waals surface area contributed by atoms with E-state index in [0.29, 0.717) is 25.8 Å². The van der Waals surface area contributed by atoms with Crippen molar-refractivity contribution in [3.05, 3.63) is 0 Å². The molecule has 0 amide bonds. The number of carbonyl (C=O) groups excluding carboxylic acids is 4.